The quantitative estimate of drug-likeness (QED) is 0.395. The van der Waals surface area contributed by atoms with Crippen LogP contribution in [0.4, 0.5) is 36.4 Å². The smallest absolute Gasteiger partial charge is 0.234 e. The summed E-state index contributed by atoms with van der Waals surface area (Å²) in [5.41, 5.74) is 0.328. The fourth-order valence-corrected chi connectivity index (χ4v) is 3.59. The number of hydrogen-bond acceptors (Lipinski definition) is 8. The number of nitrogens with one attached hydrogen (secondary N) is 2. The maximum Gasteiger partial charge on any atom is 0.234 e. The molecule has 1 aromatic heterocycles. The van der Waals surface area contributed by atoms with Gasteiger partial charge in [0.15, 0.2) is 22.6 Å². The number of aromatic nitrogens is 3. The molecule has 0 radical (unpaired) electrons. The van der Waals surface area contributed by atoms with E-state index >= 15 is 0 Å². The minimum absolute atomic E-state index is 0.185. The van der Waals surface area contributed by atoms with Crippen molar-refractivity contribution >= 4 is 40.9 Å². The lowest BCUT2D eigenvalue weighted by Crippen LogP contribution is -2.37. The topological polar surface area (TPSA) is 92.3 Å². The Balaban J connectivity index is 1.49. The molecule has 0 bridgehead atoms. The number of carbonyl (C=O) groups excluding carboxylic acids is 1. The SMILES string of the molecule is O=C(CSc1nc(Nc2ccccc2)nc(N2CCOCC2)n1)Nc1ccc(F)c(F)c1F. The van der Waals surface area contributed by atoms with Crippen LogP contribution in [-0.4, -0.2) is 52.9 Å². The maximum atomic E-state index is 13.8. The van der Waals surface area contributed by atoms with Crippen LogP contribution in [0.2, 0.25) is 0 Å². The van der Waals surface area contributed by atoms with E-state index in [1.807, 2.05) is 35.2 Å². The van der Waals surface area contributed by atoms with E-state index in [9.17, 15) is 18.0 Å². The molecule has 12 heteroatoms. The zero-order chi connectivity index (χ0) is 23.2. The second kappa shape index (κ2) is 10.5. The van der Waals surface area contributed by atoms with Crippen LogP contribution in [0.25, 0.3) is 0 Å². The Morgan fingerprint density at radius 2 is 1.76 bits per heavy atom. The standard InChI is InChI=1S/C21H19F3N6O2S/c22-14-6-7-15(18(24)17(14)23)26-16(31)12-33-21-28-19(25-13-4-2-1-3-5-13)27-20(29-21)30-8-10-32-11-9-30/h1-7H,8-12H2,(H,26,31)(H,25,27,28,29). The first-order valence-corrected chi connectivity index (χ1v) is 10.9. The first-order chi connectivity index (χ1) is 16.0. The van der Waals surface area contributed by atoms with Gasteiger partial charge in [-0.15, -0.1) is 0 Å². The van der Waals surface area contributed by atoms with Gasteiger partial charge in [0.2, 0.25) is 17.8 Å². The van der Waals surface area contributed by atoms with E-state index in [1.54, 1.807) is 0 Å². The van der Waals surface area contributed by atoms with Crippen molar-refractivity contribution < 1.29 is 22.7 Å². The highest BCUT2D eigenvalue weighted by Gasteiger charge is 2.19. The first kappa shape index (κ1) is 22.8. The van der Waals surface area contributed by atoms with Crippen LogP contribution in [-0.2, 0) is 9.53 Å². The Morgan fingerprint density at radius 3 is 2.52 bits per heavy atom. The molecule has 2 heterocycles. The van der Waals surface area contributed by atoms with Crippen LogP contribution in [0.3, 0.4) is 0 Å². The summed E-state index contributed by atoms with van der Waals surface area (Å²) in [5, 5.41) is 5.60. The van der Waals surface area contributed by atoms with E-state index in [4.69, 9.17) is 4.74 Å². The van der Waals surface area contributed by atoms with Crippen LogP contribution >= 0.6 is 11.8 Å². The number of amides is 1. The molecule has 1 aliphatic rings. The zero-order valence-electron chi connectivity index (χ0n) is 17.2. The lowest BCUT2D eigenvalue weighted by atomic mass is 10.3. The summed E-state index contributed by atoms with van der Waals surface area (Å²) in [6.07, 6.45) is 0. The molecule has 1 amide bonds. The molecular formula is C21H19F3N6O2S. The summed E-state index contributed by atoms with van der Waals surface area (Å²) >= 11 is 1.00. The summed E-state index contributed by atoms with van der Waals surface area (Å²) in [6.45, 7) is 2.29. The van der Waals surface area contributed by atoms with Crippen LogP contribution in [0.15, 0.2) is 47.6 Å². The summed E-state index contributed by atoms with van der Waals surface area (Å²) in [5.74, 6) is -4.53. The third-order valence-corrected chi connectivity index (χ3v) is 5.42. The van der Waals surface area contributed by atoms with E-state index in [1.165, 1.54) is 0 Å². The van der Waals surface area contributed by atoms with Gasteiger partial charge >= 0.3 is 0 Å². The number of anilines is 4. The minimum atomic E-state index is -1.65. The van der Waals surface area contributed by atoms with Gasteiger partial charge in [0.05, 0.1) is 24.7 Å². The molecule has 4 rings (SSSR count). The van der Waals surface area contributed by atoms with Gasteiger partial charge < -0.3 is 20.3 Å². The third-order valence-electron chi connectivity index (χ3n) is 4.57. The summed E-state index contributed by atoms with van der Waals surface area (Å²) in [7, 11) is 0. The van der Waals surface area contributed by atoms with Gasteiger partial charge in [0.1, 0.15) is 0 Å². The largest absolute Gasteiger partial charge is 0.378 e. The van der Waals surface area contributed by atoms with Gasteiger partial charge in [-0.2, -0.15) is 15.0 Å². The molecule has 0 unspecified atom stereocenters. The van der Waals surface area contributed by atoms with Gasteiger partial charge in [-0.3, -0.25) is 4.79 Å². The van der Waals surface area contributed by atoms with Crippen molar-refractivity contribution in [2.75, 3.05) is 47.6 Å². The lowest BCUT2D eigenvalue weighted by molar-refractivity contribution is -0.113. The van der Waals surface area contributed by atoms with E-state index in [-0.39, 0.29) is 10.9 Å². The molecular weight excluding hydrogens is 457 g/mol. The average molecular weight is 476 g/mol. The molecule has 1 fully saturated rings. The van der Waals surface area contributed by atoms with Crippen molar-refractivity contribution in [1.82, 2.24) is 15.0 Å². The van der Waals surface area contributed by atoms with Crippen molar-refractivity contribution in [2.45, 2.75) is 5.16 Å². The number of halogens is 3. The number of nitrogens with zero attached hydrogens (tertiary/aromatic N) is 4. The molecule has 172 valence electrons. The Labute approximate surface area is 191 Å². The number of carbonyl (C=O) groups is 1. The molecule has 0 spiro atoms. The Hall–Kier alpha value is -3.38. The zero-order valence-corrected chi connectivity index (χ0v) is 18.0. The van der Waals surface area contributed by atoms with E-state index in [0.29, 0.717) is 38.2 Å². The van der Waals surface area contributed by atoms with Gasteiger partial charge in [0, 0.05) is 18.8 Å². The average Bonchev–Trinajstić information content (AvgIpc) is 2.84. The highest BCUT2D eigenvalue weighted by atomic mass is 32.2. The van der Waals surface area contributed by atoms with E-state index in [0.717, 1.165) is 29.6 Å². The second-order valence-corrected chi connectivity index (χ2v) is 7.83. The number of thioether (sulfide) groups is 1. The molecule has 0 aliphatic carbocycles. The number of hydrogen-bond donors (Lipinski definition) is 2. The van der Waals surface area contributed by atoms with Gasteiger partial charge in [-0.05, 0) is 24.3 Å². The van der Waals surface area contributed by atoms with Crippen LogP contribution in [0, 0.1) is 17.5 Å². The third kappa shape index (κ3) is 5.90. The highest BCUT2D eigenvalue weighted by molar-refractivity contribution is 7.99. The van der Waals surface area contributed by atoms with Crippen molar-refractivity contribution in [1.29, 1.82) is 0 Å². The predicted octanol–water partition coefficient (Wildman–Crippen LogP) is 3.60. The van der Waals surface area contributed by atoms with Crippen molar-refractivity contribution in [3.8, 4) is 0 Å². The predicted molar refractivity (Wildman–Crippen MR) is 118 cm³/mol. The minimum Gasteiger partial charge on any atom is -0.378 e. The fraction of sp³-hybridized carbons (Fsp3) is 0.238. The number of ether oxygens (including phenoxy) is 1. The number of rotatable bonds is 7. The van der Waals surface area contributed by atoms with E-state index < -0.39 is 29.0 Å². The Bertz CT molecular complexity index is 1130. The van der Waals surface area contributed by atoms with Crippen LogP contribution in [0.5, 0.6) is 0 Å². The van der Waals surface area contributed by atoms with Crippen molar-refractivity contribution in [3.05, 3.63) is 59.9 Å². The maximum absolute atomic E-state index is 13.8. The number of morpholine rings is 1. The number of para-hydroxylation sites is 1. The molecule has 1 aliphatic heterocycles. The van der Waals surface area contributed by atoms with Crippen molar-refractivity contribution in [2.24, 2.45) is 0 Å². The fourth-order valence-electron chi connectivity index (χ4n) is 2.96. The second-order valence-electron chi connectivity index (χ2n) is 6.89. The Kier molecular flexibility index (Phi) is 7.25. The molecule has 0 atom stereocenters. The lowest BCUT2D eigenvalue weighted by Gasteiger charge is -2.27. The monoisotopic (exact) mass is 476 g/mol. The molecule has 0 saturated carbocycles. The van der Waals surface area contributed by atoms with Gasteiger partial charge in [-0.1, -0.05) is 30.0 Å². The van der Waals surface area contributed by atoms with Gasteiger partial charge in [0.25, 0.3) is 0 Å². The van der Waals surface area contributed by atoms with Crippen LogP contribution < -0.4 is 15.5 Å². The molecule has 1 saturated heterocycles. The van der Waals surface area contributed by atoms with Crippen molar-refractivity contribution in [3.63, 3.8) is 0 Å². The van der Waals surface area contributed by atoms with Crippen LogP contribution in [0.1, 0.15) is 0 Å². The number of benzene rings is 2. The highest BCUT2D eigenvalue weighted by Crippen LogP contribution is 2.23. The summed E-state index contributed by atoms with van der Waals surface area (Å²) < 4.78 is 45.6. The first-order valence-electron chi connectivity index (χ1n) is 9.96. The molecule has 8 nitrogen and oxygen atoms in total. The van der Waals surface area contributed by atoms with E-state index in [2.05, 4.69) is 25.6 Å². The molecule has 2 N–H and O–H groups in total. The van der Waals surface area contributed by atoms with Gasteiger partial charge in [-0.25, -0.2) is 13.2 Å². The summed E-state index contributed by atoms with van der Waals surface area (Å²) in [4.78, 5) is 27.5. The summed E-state index contributed by atoms with van der Waals surface area (Å²) in [6, 6.07) is 11.0. The normalized spacial score (nSPS) is 13.6. The molecule has 3 aromatic rings. The molecule has 33 heavy (non-hydrogen) atoms. The molecule has 2 aromatic carbocycles. The Morgan fingerprint density at radius 1 is 1.00 bits per heavy atom.